The zero-order valence-corrected chi connectivity index (χ0v) is 15.4. The third-order valence-electron chi connectivity index (χ3n) is 5.26. The summed E-state index contributed by atoms with van der Waals surface area (Å²) in [6.07, 6.45) is 2.63. The molecule has 4 heterocycles. The van der Waals surface area contributed by atoms with Crippen LogP contribution in [0.3, 0.4) is 0 Å². The highest BCUT2D eigenvalue weighted by molar-refractivity contribution is 5.86. The first kappa shape index (κ1) is 16.2. The highest BCUT2D eigenvalue weighted by atomic mass is 16.5. The van der Waals surface area contributed by atoms with Crippen LogP contribution in [0.1, 0.15) is 22.7 Å². The quantitative estimate of drug-likeness (QED) is 0.586. The van der Waals surface area contributed by atoms with Crippen molar-refractivity contribution < 1.29 is 13.6 Å². The summed E-state index contributed by atoms with van der Waals surface area (Å²) in [5.41, 5.74) is 4.80. The Morgan fingerprint density at radius 3 is 3.04 bits per heavy atom. The van der Waals surface area contributed by atoms with Crippen LogP contribution < -0.4 is 4.74 Å². The predicted octanol–water partition coefficient (Wildman–Crippen LogP) is 4.29. The lowest BCUT2D eigenvalue weighted by molar-refractivity contribution is 0.242. The lowest BCUT2D eigenvalue weighted by Crippen LogP contribution is -2.30. The van der Waals surface area contributed by atoms with E-state index < -0.39 is 0 Å². The van der Waals surface area contributed by atoms with Gasteiger partial charge in [-0.25, -0.2) is 4.98 Å². The largest absolute Gasteiger partial charge is 0.497 e. The molecule has 0 amide bonds. The smallest absolute Gasteiger partial charge is 0.263 e. The third-order valence-corrected chi connectivity index (χ3v) is 5.26. The minimum Gasteiger partial charge on any atom is -0.497 e. The Morgan fingerprint density at radius 2 is 2.22 bits per heavy atom. The summed E-state index contributed by atoms with van der Waals surface area (Å²) in [6.45, 7) is 4.58. The summed E-state index contributed by atoms with van der Waals surface area (Å²) < 4.78 is 16.6. The number of fused-ring (bicyclic) bond motifs is 3. The summed E-state index contributed by atoms with van der Waals surface area (Å²) in [4.78, 5) is 10.6. The molecule has 4 aromatic rings. The van der Waals surface area contributed by atoms with Gasteiger partial charge in [-0.1, -0.05) is 0 Å². The number of H-pyrrole nitrogens is 1. The molecule has 0 aliphatic carbocycles. The Bertz CT molecular complexity index is 1090. The number of rotatable bonds is 4. The second kappa shape index (κ2) is 6.32. The molecule has 0 atom stereocenters. The van der Waals surface area contributed by atoms with Gasteiger partial charge < -0.3 is 18.6 Å². The molecule has 0 unspecified atom stereocenters. The van der Waals surface area contributed by atoms with Gasteiger partial charge in [-0.05, 0) is 42.8 Å². The van der Waals surface area contributed by atoms with Gasteiger partial charge in [-0.3, -0.25) is 4.90 Å². The molecule has 1 aromatic carbocycles. The van der Waals surface area contributed by atoms with Crippen LogP contribution in [-0.4, -0.2) is 28.5 Å². The molecule has 0 saturated carbocycles. The van der Waals surface area contributed by atoms with Gasteiger partial charge in [0.1, 0.15) is 11.5 Å². The van der Waals surface area contributed by atoms with Crippen molar-refractivity contribution in [3.63, 3.8) is 0 Å². The van der Waals surface area contributed by atoms with Crippen LogP contribution in [0.25, 0.3) is 22.6 Å². The molecule has 5 rings (SSSR count). The number of aromatic amines is 1. The van der Waals surface area contributed by atoms with E-state index in [2.05, 4.69) is 27.0 Å². The molecule has 138 valence electrons. The maximum Gasteiger partial charge on any atom is 0.263 e. The number of nitrogens with one attached hydrogen (secondary N) is 1. The highest BCUT2D eigenvalue weighted by Gasteiger charge is 2.23. The van der Waals surface area contributed by atoms with Gasteiger partial charge in [0, 0.05) is 42.7 Å². The molecular weight excluding hydrogens is 342 g/mol. The zero-order chi connectivity index (χ0) is 18.4. The fraction of sp³-hybridized carbons (Fsp3) is 0.286. The van der Waals surface area contributed by atoms with Gasteiger partial charge in [0.25, 0.3) is 5.89 Å². The van der Waals surface area contributed by atoms with Crippen LogP contribution in [0, 0.1) is 6.92 Å². The lowest BCUT2D eigenvalue weighted by atomic mass is 10.0. The number of hydrogen-bond acceptors (Lipinski definition) is 5. The van der Waals surface area contributed by atoms with Crippen LogP contribution in [0.5, 0.6) is 5.75 Å². The standard InChI is InChI=1S/C21H21N3O3/c1-13-19(23-21(27-13)20-4-3-9-26-20)12-24-8-7-18-16(11-24)15-10-14(25-2)5-6-17(15)22-18/h3-6,9-10,22H,7-8,11-12H2,1-2H3. The van der Waals surface area contributed by atoms with Gasteiger partial charge in [-0.2, -0.15) is 0 Å². The van der Waals surface area contributed by atoms with Crippen molar-refractivity contribution in [3.05, 3.63) is 59.3 Å². The molecule has 1 N–H and O–H groups in total. The summed E-state index contributed by atoms with van der Waals surface area (Å²) in [6, 6.07) is 9.91. The molecule has 27 heavy (non-hydrogen) atoms. The molecule has 3 aromatic heterocycles. The number of hydrogen-bond donors (Lipinski definition) is 1. The van der Waals surface area contributed by atoms with Gasteiger partial charge in [0.05, 0.1) is 19.1 Å². The van der Waals surface area contributed by atoms with Crippen LogP contribution >= 0.6 is 0 Å². The normalized spacial score (nSPS) is 14.6. The van der Waals surface area contributed by atoms with Crippen LogP contribution in [-0.2, 0) is 19.5 Å². The minimum absolute atomic E-state index is 0.544. The maximum atomic E-state index is 5.80. The Kier molecular flexibility index (Phi) is 3.79. The second-order valence-electron chi connectivity index (χ2n) is 6.95. The van der Waals surface area contributed by atoms with Crippen LogP contribution in [0.4, 0.5) is 0 Å². The number of benzene rings is 1. The average Bonchev–Trinajstić information content (AvgIpc) is 3.40. The number of ether oxygens (including phenoxy) is 1. The van der Waals surface area contributed by atoms with E-state index in [4.69, 9.17) is 13.6 Å². The predicted molar refractivity (Wildman–Crippen MR) is 102 cm³/mol. The van der Waals surface area contributed by atoms with Crippen molar-refractivity contribution in [1.29, 1.82) is 0 Å². The van der Waals surface area contributed by atoms with Gasteiger partial charge in [-0.15, -0.1) is 0 Å². The third kappa shape index (κ3) is 2.82. The first-order chi connectivity index (χ1) is 13.2. The Labute approximate surface area is 156 Å². The fourth-order valence-corrected chi connectivity index (χ4v) is 3.80. The average molecular weight is 363 g/mol. The van der Waals surface area contributed by atoms with E-state index in [9.17, 15) is 0 Å². The Balaban J connectivity index is 1.41. The minimum atomic E-state index is 0.544. The topological polar surface area (TPSA) is 67.4 Å². The van der Waals surface area contributed by atoms with Crippen molar-refractivity contribution in [2.45, 2.75) is 26.4 Å². The zero-order valence-electron chi connectivity index (χ0n) is 15.4. The summed E-state index contributed by atoms with van der Waals surface area (Å²) in [5, 5.41) is 1.24. The molecule has 0 saturated heterocycles. The first-order valence-corrected chi connectivity index (χ1v) is 9.11. The van der Waals surface area contributed by atoms with E-state index in [0.717, 1.165) is 43.3 Å². The number of aromatic nitrogens is 2. The van der Waals surface area contributed by atoms with Crippen molar-refractivity contribution >= 4 is 10.9 Å². The molecule has 6 nitrogen and oxygen atoms in total. The van der Waals surface area contributed by atoms with E-state index in [1.54, 1.807) is 13.4 Å². The van der Waals surface area contributed by atoms with E-state index in [1.165, 1.54) is 22.2 Å². The highest BCUT2D eigenvalue weighted by Crippen LogP contribution is 2.31. The second-order valence-corrected chi connectivity index (χ2v) is 6.95. The van der Waals surface area contributed by atoms with Crippen LogP contribution in [0.2, 0.25) is 0 Å². The molecule has 1 aliphatic heterocycles. The summed E-state index contributed by atoms with van der Waals surface area (Å²) in [5.74, 6) is 2.93. The van der Waals surface area contributed by atoms with Crippen molar-refractivity contribution in [2.24, 2.45) is 0 Å². The van der Waals surface area contributed by atoms with Crippen molar-refractivity contribution in [1.82, 2.24) is 14.9 Å². The van der Waals surface area contributed by atoms with Gasteiger partial charge in [0.2, 0.25) is 0 Å². The maximum absolute atomic E-state index is 5.80. The monoisotopic (exact) mass is 363 g/mol. The van der Waals surface area contributed by atoms with Crippen molar-refractivity contribution in [3.8, 4) is 17.4 Å². The molecular formula is C21H21N3O3. The Morgan fingerprint density at radius 1 is 1.30 bits per heavy atom. The molecule has 1 aliphatic rings. The number of methoxy groups -OCH3 is 1. The number of furan rings is 1. The molecule has 6 heteroatoms. The van der Waals surface area contributed by atoms with Gasteiger partial charge >= 0.3 is 0 Å². The number of nitrogens with zero attached hydrogens (tertiary/aromatic N) is 2. The number of oxazole rings is 1. The molecule has 0 radical (unpaired) electrons. The van der Waals surface area contributed by atoms with E-state index >= 15 is 0 Å². The molecule has 0 spiro atoms. The van der Waals surface area contributed by atoms with E-state index in [1.807, 2.05) is 25.1 Å². The lowest BCUT2D eigenvalue weighted by Gasteiger charge is -2.26. The first-order valence-electron chi connectivity index (χ1n) is 9.11. The number of aryl methyl sites for hydroxylation is 1. The fourth-order valence-electron chi connectivity index (χ4n) is 3.80. The Hall–Kier alpha value is -2.99. The van der Waals surface area contributed by atoms with Gasteiger partial charge in [0.15, 0.2) is 5.76 Å². The SMILES string of the molecule is COc1ccc2[nH]c3c(c2c1)CN(Cc1nc(-c2ccco2)oc1C)CC3. The molecule has 0 bridgehead atoms. The summed E-state index contributed by atoms with van der Waals surface area (Å²) >= 11 is 0. The van der Waals surface area contributed by atoms with Crippen LogP contribution in [0.15, 0.2) is 45.4 Å². The van der Waals surface area contributed by atoms with Crippen molar-refractivity contribution in [2.75, 3.05) is 13.7 Å². The van der Waals surface area contributed by atoms with E-state index in [0.29, 0.717) is 11.7 Å². The van der Waals surface area contributed by atoms with E-state index in [-0.39, 0.29) is 0 Å². The summed E-state index contributed by atoms with van der Waals surface area (Å²) in [7, 11) is 1.70. The molecule has 0 fully saturated rings.